The van der Waals surface area contributed by atoms with E-state index < -0.39 is 20.0 Å². The molecule has 1 aliphatic heterocycles. The van der Waals surface area contributed by atoms with Gasteiger partial charge in [0.1, 0.15) is 0 Å². The Kier molecular flexibility index (Phi) is 11.6. The molecule has 12 nitrogen and oxygen atoms in total. The van der Waals surface area contributed by atoms with Crippen molar-refractivity contribution in [2.45, 2.75) is 36.5 Å². The zero-order chi connectivity index (χ0) is 29.2. The summed E-state index contributed by atoms with van der Waals surface area (Å²) in [5.41, 5.74) is 1.08. The van der Waals surface area contributed by atoms with Crippen LogP contribution in [0.5, 0.6) is 0 Å². The fourth-order valence-corrected chi connectivity index (χ4v) is 6.41. The van der Waals surface area contributed by atoms with Gasteiger partial charge in [-0.25, -0.2) is 26.3 Å². The van der Waals surface area contributed by atoms with Crippen molar-refractivity contribution >= 4 is 43.2 Å². The van der Waals surface area contributed by atoms with E-state index in [2.05, 4.69) is 29.9 Å². The summed E-state index contributed by atoms with van der Waals surface area (Å²) in [6, 6.07) is 12.1. The Morgan fingerprint density at radius 1 is 0.625 bits per heavy atom. The maximum Gasteiger partial charge on any atom is 0.240 e. The fraction of sp³-hybridized carbons (Fsp3) is 0.462. The number of piperazine rings is 1. The van der Waals surface area contributed by atoms with Crippen LogP contribution < -0.4 is 20.1 Å². The van der Waals surface area contributed by atoms with Crippen molar-refractivity contribution in [1.82, 2.24) is 19.2 Å². The van der Waals surface area contributed by atoms with Crippen molar-refractivity contribution in [2.75, 3.05) is 63.0 Å². The van der Waals surface area contributed by atoms with Gasteiger partial charge < -0.3 is 20.4 Å². The molecule has 1 heterocycles. The van der Waals surface area contributed by atoms with Crippen LogP contribution in [-0.2, 0) is 29.6 Å². The number of hydrogen-bond acceptors (Lipinski definition) is 8. The first kappa shape index (κ1) is 31.6. The maximum absolute atomic E-state index is 12.5. The van der Waals surface area contributed by atoms with Crippen LogP contribution in [0.1, 0.15) is 26.7 Å². The van der Waals surface area contributed by atoms with Crippen LogP contribution in [0.4, 0.5) is 11.4 Å². The monoisotopic (exact) mass is 594 g/mol. The number of rotatable bonds is 14. The minimum Gasteiger partial charge on any atom is -0.326 e. The van der Waals surface area contributed by atoms with Crippen LogP contribution >= 0.6 is 0 Å². The number of amides is 2. The average Bonchev–Trinajstić information content (AvgIpc) is 2.90. The number of nitrogens with one attached hydrogen (secondary N) is 4. The lowest BCUT2D eigenvalue weighted by Gasteiger charge is -2.34. The lowest BCUT2D eigenvalue weighted by atomic mass is 10.2. The number of carbonyl (C=O) groups excluding carboxylic acids is 2. The molecule has 1 fully saturated rings. The molecule has 14 heteroatoms. The Morgan fingerprint density at radius 3 is 1.25 bits per heavy atom. The smallest absolute Gasteiger partial charge is 0.240 e. The third kappa shape index (κ3) is 10.3. The van der Waals surface area contributed by atoms with E-state index >= 15 is 0 Å². The zero-order valence-electron chi connectivity index (χ0n) is 22.9. The molecule has 0 spiro atoms. The number of hydrogen-bond donors (Lipinski definition) is 4. The van der Waals surface area contributed by atoms with E-state index in [0.29, 0.717) is 37.3 Å². The fourth-order valence-electron chi connectivity index (χ4n) is 4.26. The number of benzene rings is 2. The average molecular weight is 595 g/mol. The summed E-state index contributed by atoms with van der Waals surface area (Å²) in [6.07, 6.45) is 1.35. The van der Waals surface area contributed by atoms with Gasteiger partial charge >= 0.3 is 0 Å². The molecule has 1 aliphatic rings. The molecule has 3 rings (SSSR count). The normalized spacial score (nSPS) is 15.1. The molecule has 0 saturated carbocycles. The number of nitrogens with zero attached hydrogens (tertiary/aromatic N) is 2. The van der Waals surface area contributed by atoms with E-state index in [9.17, 15) is 26.4 Å². The second-order valence-electron chi connectivity index (χ2n) is 9.60. The highest BCUT2D eigenvalue weighted by atomic mass is 32.2. The van der Waals surface area contributed by atoms with Gasteiger partial charge in [0.05, 0.1) is 9.79 Å². The minimum atomic E-state index is -3.62. The molecule has 0 bridgehead atoms. The lowest BCUT2D eigenvalue weighted by molar-refractivity contribution is -0.115. The van der Waals surface area contributed by atoms with Crippen molar-refractivity contribution in [1.29, 1.82) is 0 Å². The molecule has 1 saturated heterocycles. The van der Waals surface area contributed by atoms with Crippen LogP contribution in [0.15, 0.2) is 58.3 Å². The van der Waals surface area contributed by atoms with Crippen molar-refractivity contribution in [3.63, 3.8) is 0 Å². The first-order valence-corrected chi connectivity index (χ1v) is 16.1. The molecule has 220 valence electrons. The molecule has 2 aromatic rings. The second-order valence-corrected chi connectivity index (χ2v) is 13.1. The van der Waals surface area contributed by atoms with Crippen LogP contribution in [0.3, 0.4) is 0 Å². The molecule has 0 aliphatic carbocycles. The van der Waals surface area contributed by atoms with Crippen LogP contribution in [0.25, 0.3) is 0 Å². The van der Waals surface area contributed by atoms with E-state index in [0.717, 1.165) is 39.3 Å². The Labute approximate surface area is 236 Å². The first-order valence-electron chi connectivity index (χ1n) is 13.1. The molecule has 2 aromatic carbocycles. The van der Waals surface area contributed by atoms with Gasteiger partial charge in [0.25, 0.3) is 0 Å². The van der Waals surface area contributed by atoms with Gasteiger partial charge in [0, 0.05) is 64.5 Å². The molecule has 0 radical (unpaired) electrons. The summed E-state index contributed by atoms with van der Waals surface area (Å²) in [4.78, 5) is 27.1. The Morgan fingerprint density at radius 2 is 0.950 bits per heavy atom. The third-order valence-corrected chi connectivity index (χ3v) is 9.28. The van der Waals surface area contributed by atoms with E-state index in [-0.39, 0.29) is 21.6 Å². The first-order chi connectivity index (χ1) is 18.9. The quantitative estimate of drug-likeness (QED) is 0.238. The largest absolute Gasteiger partial charge is 0.326 e. The van der Waals surface area contributed by atoms with Gasteiger partial charge in [-0.05, 0) is 74.5 Å². The lowest BCUT2D eigenvalue weighted by Crippen LogP contribution is -2.47. The summed E-state index contributed by atoms with van der Waals surface area (Å²) < 4.78 is 55.3. The molecular formula is C26H38N6O6S2. The molecule has 0 aromatic heterocycles. The summed E-state index contributed by atoms with van der Waals surface area (Å²) in [5.74, 6) is -0.441. The van der Waals surface area contributed by atoms with Gasteiger partial charge in [-0.15, -0.1) is 0 Å². The highest BCUT2D eigenvalue weighted by molar-refractivity contribution is 7.89. The van der Waals surface area contributed by atoms with Gasteiger partial charge in [0.2, 0.25) is 31.9 Å². The van der Waals surface area contributed by atoms with Crippen LogP contribution in [-0.4, -0.2) is 90.8 Å². The Bertz CT molecular complexity index is 1240. The summed E-state index contributed by atoms with van der Waals surface area (Å²) >= 11 is 0. The third-order valence-electron chi connectivity index (χ3n) is 6.32. The van der Waals surface area contributed by atoms with Gasteiger partial charge in [0.15, 0.2) is 0 Å². The number of sulfonamides is 2. The van der Waals surface area contributed by atoms with Gasteiger partial charge in [-0.1, -0.05) is 0 Å². The Hall–Kier alpha value is -2.88. The Balaban J connectivity index is 1.29. The van der Waals surface area contributed by atoms with Crippen LogP contribution in [0.2, 0.25) is 0 Å². The molecule has 0 unspecified atom stereocenters. The second kappa shape index (κ2) is 14.7. The molecule has 40 heavy (non-hydrogen) atoms. The SMILES string of the molecule is CC(=O)Nc1ccc(S(=O)(=O)NCCCN2CCN(CCCNS(=O)(=O)c3ccc(NC(C)=O)cc3)CC2)cc1. The molecule has 0 atom stereocenters. The minimum absolute atomic E-state index is 0.150. The maximum atomic E-state index is 12.5. The highest BCUT2D eigenvalue weighted by Gasteiger charge is 2.18. The van der Waals surface area contributed by atoms with E-state index in [1.807, 2.05) is 0 Å². The number of carbonyl (C=O) groups is 2. The standard InChI is InChI=1S/C26H38N6O6S2/c1-21(33)29-23-5-9-25(10-6-23)39(35,36)27-13-3-15-31-17-19-32(20-18-31)16-4-14-28-40(37,38)26-11-7-24(8-12-26)30-22(2)34/h5-12,27-28H,3-4,13-20H2,1-2H3,(H,29,33)(H,30,34). The van der Waals surface area contributed by atoms with Gasteiger partial charge in [-0.3, -0.25) is 9.59 Å². The van der Waals surface area contributed by atoms with E-state index in [1.54, 1.807) is 24.3 Å². The van der Waals surface area contributed by atoms with Crippen LogP contribution in [0, 0.1) is 0 Å². The number of anilines is 2. The highest BCUT2D eigenvalue weighted by Crippen LogP contribution is 2.15. The predicted octanol–water partition coefficient (Wildman–Crippen LogP) is 1.26. The summed E-state index contributed by atoms with van der Waals surface area (Å²) in [7, 11) is -7.24. The van der Waals surface area contributed by atoms with Crippen molar-refractivity contribution in [2.24, 2.45) is 0 Å². The van der Waals surface area contributed by atoms with Crippen molar-refractivity contribution in [3.05, 3.63) is 48.5 Å². The topological polar surface area (TPSA) is 157 Å². The predicted molar refractivity (Wildman–Crippen MR) is 154 cm³/mol. The summed E-state index contributed by atoms with van der Waals surface area (Å²) in [6.45, 7) is 8.44. The molecular weight excluding hydrogens is 556 g/mol. The van der Waals surface area contributed by atoms with Gasteiger partial charge in [-0.2, -0.15) is 0 Å². The zero-order valence-corrected chi connectivity index (χ0v) is 24.5. The van der Waals surface area contributed by atoms with Crippen molar-refractivity contribution < 1.29 is 26.4 Å². The molecule has 4 N–H and O–H groups in total. The van der Waals surface area contributed by atoms with E-state index in [1.165, 1.54) is 38.1 Å². The van der Waals surface area contributed by atoms with E-state index in [4.69, 9.17) is 0 Å². The van der Waals surface area contributed by atoms with Crippen molar-refractivity contribution in [3.8, 4) is 0 Å². The molecule has 2 amide bonds. The summed E-state index contributed by atoms with van der Waals surface area (Å²) in [5, 5.41) is 5.21.